The monoisotopic (exact) mass is 237 g/mol. The van der Waals surface area contributed by atoms with Gasteiger partial charge in [0.1, 0.15) is 11.8 Å². The van der Waals surface area contributed by atoms with E-state index in [2.05, 4.69) is 15.4 Å². The molecule has 0 saturated heterocycles. The lowest BCUT2D eigenvalue weighted by atomic mass is 10.1. The van der Waals surface area contributed by atoms with Gasteiger partial charge in [0, 0.05) is 0 Å². The van der Waals surface area contributed by atoms with Gasteiger partial charge < -0.3 is 4.74 Å². The quantitative estimate of drug-likeness (QED) is 0.759. The second-order valence-electron chi connectivity index (χ2n) is 3.15. The molecular weight excluding hydrogens is 230 g/mol. The van der Waals surface area contributed by atoms with E-state index in [0.717, 1.165) is 5.56 Å². The number of carbonyl (C=O) groups excluding carboxylic acids is 1. The van der Waals surface area contributed by atoms with Gasteiger partial charge in [0.25, 0.3) is 5.24 Å². The molecule has 5 nitrogen and oxygen atoms in total. The zero-order chi connectivity index (χ0) is 11.5. The van der Waals surface area contributed by atoms with Crippen LogP contribution in [0, 0.1) is 0 Å². The van der Waals surface area contributed by atoms with Gasteiger partial charge in [-0.2, -0.15) is 5.11 Å². The molecule has 2 rings (SSSR count). The number of benzene rings is 1. The molecule has 0 saturated carbocycles. The van der Waals surface area contributed by atoms with Gasteiger partial charge in [0.2, 0.25) is 0 Å². The Labute approximate surface area is 96.8 Å². The third kappa shape index (κ3) is 1.94. The predicted molar refractivity (Wildman–Crippen MR) is 59.3 cm³/mol. The first-order valence-corrected chi connectivity index (χ1v) is 4.91. The van der Waals surface area contributed by atoms with Gasteiger partial charge in [-0.1, -0.05) is 6.07 Å². The third-order valence-corrected chi connectivity index (χ3v) is 2.42. The van der Waals surface area contributed by atoms with E-state index < -0.39 is 5.24 Å². The summed E-state index contributed by atoms with van der Waals surface area (Å²) in [6.45, 7) is 0. The molecule has 0 spiro atoms. The van der Waals surface area contributed by atoms with E-state index in [1.54, 1.807) is 24.4 Å². The van der Waals surface area contributed by atoms with Crippen LogP contribution < -0.4 is 4.74 Å². The lowest BCUT2D eigenvalue weighted by molar-refractivity contribution is 0.107. The van der Waals surface area contributed by atoms with Gasteiger partial charge in [0.05, 0.1) is 18.9 Å². The van der Waals surface area contributed by atoms with E-state index >= 15 is 0 Å². The van der Waals surface area contributed by atoms with Gasteiger partial charge in [-0.15, -0.1) is 5.10 Å². The number of methoxy groups -OCH3 is 1. The Morgan fingerprint density at radius 2 is 2.31 bits per heavy atom. The molecule has 16 heavy (non-hydrogen) atoms. The van der Waals surface area contributed by atoms with Crippen LogP contribution in [-0.4, -0.2) is 18.6 Å². The molecule has 82 valence electrons. The summed E-state index contributed by atoms with van der Waals surface area (Å²) in [5.74, 6) is 0.440. The van der Waals surface area contributed by atoms with Crippen LogP contribution in [0.15, 0.2) is 33.6 Å². The minimum Gasteiger partial charge on any atom is -0.496 e. The van der Waals surface area contributed by atoms with E-state index in [0.29, 0.717) is 11.3 Å². The zero-order valence-corrected chi connectivity index (χ0v) is 9.18. The highest BCUT2D eigenvalue weighted by Gasteiger charge is 2.16. The van der Waals surface area contributed by atoms with E-state index in [-0.39, 0.29) is 6.04 Å². The van der Waals surface area contributed by atoms with E-state index in [1.807, 2.05) is 0 Å². The van der Waals surface area contributed by atoms with Crippen molar-refractivity contribution in [3.8, 4) is 5.75 Å². The van der Waals surface area contributed by atoms with Crippen LogP contribution in [0.5, 0.6) is 5.75 Å². The molecule has 1 aliphatic rings. The second kappa shape index (κ2) is 4.40. The number of rotatable bonds is 3. The molecule has 1 aromatic carbocycles. The average Bonchev–Trinajstić information content (AvgIpc) is 2.81. The Balaban J connectivity index is 2.42. The van der Waals surface area contributed by atoms with Crippen LogP contribution in [0.2, 0.25) is 0 Å². The van der Waals surface area contributed by atoms with Gasteiger partial charge in [-0.3, -0.25) is 4.79 Å². The van der Waals surface area contributed by atoms with Crippen molar-refractivity contribution < 1.29 is 9.53 Å². The first-order chi connectivity index (χ1) is 7.72. The van der Waals surface area contributed by atoms with E-state index in [1.165, 1.54) is 7.11 Å². The number of nitrogens with zero attached hydrogens (tertiary/aromatic N) is 3. The highest BCUT2D eigenvalue weighted by molar-refractivity contribution is 6.68. The zero-order valence-electron chi connectivity index (χ0n) is 8.42. The Hall–Kier alpha value is -1.75. The smallest absolute Gasteiger partial charge is 0.256 e. The fourth-order valence-electron chi connectivity index (χ4n) is 1.42. The maximum Gasteiger partial charge on any atom is 0.256 e. The molecule has 0 fully saturated rings. The highest BCUT2D eigenvalue weighted by Crippen LogP contribution is 2.27. The summed E-state index contributed by atoms with van der Waals surface area (Å²) < 4.78 is 5.03. The standard InChI is InChI=1S/C10H8ClN3O2/c1-16-9-3-2-6(4-7(9)10(11)15)8-5-12-14-13-8/h2-5,8H,1H3. The van der Waals surface area contributed by atoms with E-state index in [9.17, 15) is 4.79 Å². The lowest BCUT2D eigenvalue weighted by Gasteiger charge is -2.08. The first kappa shape index (κ1) is 10.8. The summed E-state index contributed by atoms with van der Waals surface area (Å²) in [6.07, 6.45) is 1.59. The van der Waals surface area contributed by atoms with Crippen molar-refractivity contribution in [1.82, 2.24) is 0 Å². The van der Waals surface area contributed by atoms with Crippen LogP contribution in [0.4, 0.5) is 0 Å². The second-order valence-corrected chi connectivity index (χ2v) is 3.49. The fraction of sp³-hybridized carbons (Fsp3) is 0.200. The number of hydrogen-bond acceptors (Lipinski definition) is 5. The van der Waals surface area contributed by atoms with Crippen molar-refractivity contribution in [2.75, 3.05) is 7.11 Å². The third-order valence-electron chi connectivity index (χ3n) is 2.21. The van der Waals surface area contributed by atoms with Gasteiger partial charge in [0.15, 0.2) is 0 Å². The molecule has 0 aliphatic carbocycles. The average molecular weight is 238 g/mol. The summed E-state index contributed by atoms with van der Waals surface area (Å²) in [6, 6.07) is 4.85. The topological polar surface area (TPSA) is 63.4 Å². The van der Waals surface area contributed by atoms with Crippen LogP contribution in [-0.2, 0) is 0 Å². The molecule has 1 aliphatic heterocycles. The van der Waals surface area contributed by atoms with Crippen LogP contribution in [0.1, 0.15) is 22.0 Å². The Bertz CT molecular complexity index is 473. The molecule has 1 aromatic rings. The lowest BCUT2D eigenvalue weighted by Crippen LogP contribution is -2.00. The molecule has 0 bridgehead atoms. The Morgan fingerprint density at radius 3 is 2.88 bits per heavy atom. The van der Waals surface area contributed by atoms with Crippen molar-refractivity contribution in [1.29, 1.82) is 0 Å². The van der Waals surface area contributed by atoms with Gasteiger partial charge in [-0.05, 0) is 34.5 Å². The minimum atomic E-state index is -0.564. The molecule has 0 radical (unpaired) electrons. The van der Waals surface area contributed by atoms with Crippen LogP contribution >= 0.6 is 11.6 Å². The molecular formula is C10H8ClN3O2. The SMILES string of the molecule is COc1ccc(C2C=NN=N2)cc1C(=O)Cl. The molecule has 0 amide bonds. The predicted octanol–water partition coefficient (Wildman–Crippen LogP) is 2.57. The van der Waals surface area contributed by atoms with Gasteiger partial charge >= 0.3 is 0 Å². The summed E-state index contributed by atoms with van der Waals surface area (Å²) in [4.78, 5) is 11.2. The summed E-state index contributed by atoms with van der Waals surface area (Å²) in [7, 11) is 1.48. The van der Waals surface area contributed by atoms with Crippen molar-refractivity contribution >= 4 is 23.1 Å². The minimum absolute atomic E-state index is 0.249. The Morgan fingerprint density at radius 1 is 1.50 bits per heavy atom. The fourth-order valence-corrected chi connectivity index (χ4v) is 1.57. The largest absolute Gasteiger partial charge is 0.496 e. The molecule has 1 heterocycles. The molecule has 0 aromatic heterocycles. The van der Waals surface area contributed by atoms with Crippen molar-refractivity contribution in [2.45, 2.75) is 6.04 Å². The molecule has 1 atom stereocenters. The number of hydrogen-bond donors (Lipinski definition) is 0. The van der Waals surface area contributed by atoms with Crippen LogP contribution in [0.25, 0.3) is 0 Å². The van der Waals surface area contributed by atoms with Crippen molar-refractivity contribution in [3.63, 3.8) is 0 Å². The van der Waals surface area contributed by atoms with Crippen molar-refractivity contribution in [2.24, 2.45) is 15.4 Å². The molecule has 0 N–H and O–H groups in total. The summed E-state index contributed by atoms with van der Waals surface area (Å²) >= 11 is 5.46. The normalized spacial score (nSPS) is 17.8. The first-order valence-electron chi connectivity index (χ1n) is 4.53. The molecule has 6 heteroatoms. The number of ether oxygens (including phenoxy) is 1. The summed E-state index contributed by atoms with van der Waals surface area (Å²) in [5.41, 5.74) is 1.12. The molecule has 1 unspecified atom stereocenters. The van der Waals surface area contributed by atoms with Crippen LogP contribution in [0.3, 0.4) is 0 Å². The highest BCUT2D eigenvalue weighted by atomic mass is 35.5. The van der Waals surface area contributed by atoms with Gasteiger partial charge in [-0.25, -0.2) is 0 Å². The van der Waals surface area contributed by atoms with Crippen molar-refractivity contribution in [3.05, 3.63) is 29.3 Å². The summed E-state index contributed by atoms with van der Waals surface area (Å²) in [5, 5.41) is 10.5. The van der Waals surface area contributed by atoms with E-state index in [4.69, 9.17) is 16.3 Å². The number of carbonyl (C=O) groups is 1. The Kier molecular flexibility index (Phi) is 2.96. The maximum atomic E-state index is 11.2. The number of halogens is 1. The maximum absolute atomic E-state index is 11.2.